The summed E-state index contributed by atoms with van der Waals surface area (Å²) < 4.78 is 6.98. The number of rotatable bonds is 4. The molecule has 98 valence electrons. The fourth-order valence-corrected chi connectivity index (χ4v) is 1.76. The van der Waals surface area contributed by atoms with E-state index < -0.39 is 4.92 Å². The van der Waals surface area contributed by atoms with E-state index in [9.17, 15) is 10.1 Å². The minimum absolute atomic E-state index is 0.105. The second-order valence-corrected chi connectivity index (χ2v) is 4.04. The maximum absolute atomic E-state index is 10.7. The third-order valence-electron chi connectivity index (χ3n) is 2.78. The molecule has 0 saturated heterocycles. The summed E-state index contributed by atoms with van der Waals surface area (Å²) in [6.07, 6.45) is 3.41. The molecule has 0 aliphatic rings. The van der Waals surface area contributed by atoms with E-state index in [1.54, 1.807) is 13.2 Å². The van der Waals surface area contributed by atoms with Gasteiger partial charge >= 0.3 is 0 Å². The van der Waals surface area contributed by atoms with Crippen LogP contribution in [-0.4, -0.2) is 16.6 Å². The van der Waals surface area contributed by atoms with E-state index in [-0.39, 0.29) is 5.70 Å². The highest BCUT2D eigenvalue weighted by molar-refractivity contribution is 5.52. The van der Waals surface area contributed by atoms with Gasteiger partial charge in [-0.25, -0.2) is 0 Å². The Morgan fingerprint density at radius 1 is 1.32 bits per heavy atom. The second kappa shape index (κ2) is 5.39. The van der Waals surface area contributed by atoms with Crippen LogP contribution in [0.3, 0.4) is 0 Å². The first-order valence-corrected chi connectivity index (χ1v) is 5.76. The first-order valence-electron chi connectivity index (χ1n) is 5.76. The van der Waals surface area contributed by atoms with E-state index in [1.807, 2.05) is 47.2 Å². The zero-order valence-corrected chi connectivity index (χ0v) is 10.7. The third kappa shape index (κ3) is 2.82. The van der Waals surface area contributed by atoms with Crippen LogP contribution in [0.5, 0.6) is 5.75 Å². The number of hydrogen-bond acceptors (Lipinski definition) is 3. The van der Waals surface area contributed by atoms with Gasteiger partial charge in [-0.05, 0) is 36.4 Å². The van der Waals surface area contributed by atoms with E-state index in [0.29, 0.717) is 0 Å². The van der Waals surface area contributed by atoms with Crippen molar-refractivity contribution in [2.45, 2.75) is 6.92 Å². The van der Waals surface area contributed by atoms with Gasteiger partial charge in [-0.1, -0.05) is 0 Å². The van der Waals surface area contributed by atoms with Crippen LogP contribution < -0.4 is 4.74 Å². The molecule has 0 aliphatic carbocycles. The smallest absolute Gasteiger partial charge is 0.245 e. The van der Waals surface area contributed by atoms with E-state index in [0.717, 1.165) is 17.1 Å². The van der Waals surface area contributed by atoms with Gasteiger partial charge in [-0.15, -0.1) is 0 Å². The van der Waals surface area contributed by atoms with Crippen LogP contribution in [0.15, 0.2) is 48.3 Å². The van der Waals surface area contributed by atoms with E-state index in [4.69, 9.17) is 4.74 Å². The van der Waals surface area contributed by atoms with Gasteiger partial charge < -0.3 is 9.30 Å². The number of allylic oxidation sites excluding steroid dienone is 1. The second-order valence-electron chi connectivity index (χ2n) is 4.04. The SMILES string of the molecule is COc1ccc(-n2cccc2/C=C(\C)[N+](=O)[O-])cc1. The maximum Gasteiger partial charge on any atom is 0.245 e. The van der Waals surface area contributed by atoms with Crippen LogP contribution in [0.25, 0.3) is 11.8 Å². The lowest BCUT2D eigenvalue weighted by Gasteiger charge is -2.07. The molecule has 1 heterocycles. The standard InChI is InChI=1S/C14H14N2O3/c1-11(16(17)18)10-13-4-3-9-15(13)12-5-7-14(19-2)8-6-12/h3-10H,1-2H3/b11-10+. The number of benzene rings is 1. The number of nitrogens with zero attached hydrogens (tertiary/aromatic N) is 2. The molecule has 0 atom stereocenters. The fraction of sp³-hybridized carbons (Fsp3) is 0.143. The molecule has 0 N–H and O–H groups in total. The van der Waals surface area contributed by atoms with Crippen molar-refractivity contribution in [1.82, 2.24) is 4.57 Å². The lowest BCUT2D eigenvalue weighted by Crippen LogP contribution is -1.98. The molecule has 5 nitrogen and oxygen atoms in total. The summed E-state index contributed by atoms with van der Waals surface area (Å²) in [5, 5.41) is 10.7. The van der Waals surface area contributed by atoms with Crippen LogP contribution >= 0.6 is 0 Å². The van der Waals surface area contributed by atoms with Gasteiger partial charge in [0.2, 0.25) is 5.70 Å². The first kappa shape index (κ1) is 12.9. The predicted molar refractivity (Wildman–Crippen MR) is 73.0 cm³/mol. The molecule has 0 spiro atoms. The molecule has 2 rings (SSSR count). The third-order valence-corrected chi connectivity index (χ3v) is 2.78. The van der Waals surface area contributed by atoms with Crippen molar-refractivity contribution >= 4 is 6.08 Å². The topological polar surface area (TPSA) is 57.3 Å². The average Bonchev–Trinajstić information content (AvgIpc) is 2.87. The van der Waals surface area contributed by atoms with Gasteiger partial charge in [-0.2, -0.15) is 0 Å². The molecule has 0 unspecified atom stereocenters. The predicted octanol–water partition coefficient (Wildman–Crippen LogP) is 3.12. The normalized spacial score (nSPS) is 11.4. The Balaban J connectivity index is 2.38. The Kier molecular flexibility index (Phi) is 3.66. The highest BCUT2D eigenvalue weighted by atomic mass is 16.6. The molecule has 1 aromatic heterocycles. The van der Waals surface area contributed by atoms with Crippen LogP contribution in [0.2, 0.25) is 0 Å². The van der Waals surface area contributed by atoms with Crippen LogP contribution in [0.4, 0.5) is 0 Å². The number of ether oxygens (including phenoxy) is 1. The molecule has 19 heavy (non-hydrogen) atoms. The van der Waals surface area contributed by atoms with Crippen molar-refractivity contribution in [2.75, 3.05) is 7.11 Å². The maximum atomic E-state index is 10.7. The van der Waals surface area contributed by atoms with Crippen molar-refractivity contribution in [3.63, 3.8) is 0 Å². The number of methoxy groups -OCH3 is 1. The Morgan fingerprint density at radius 2 is 2.00 bits per heavy atom. The lowest BCUT2D eigenvalue weighted by atomic mass is 10.3. The number of aromatic nitrogens is 1. The van der Waals surface area contributed by atoms with E-state index >= 15 is 0 Å². The van der Waals surface area contributed by atoms with Gasteiger partial charge in [0.25, 0.3) is 0 Å². The molecule has 0 amide bonds. The number of hydrogen-bond donors (Lipinski definition) is 0. The van der Waals surface area contributed by atoms with Gasteiger partial charge in [0.1, 0.15) is 5.75 Å². The van der Waals surface area contributed by atoms with E-state index in [1.165, 1.54) is 6.92 Å². The molecule has 0 aliphatic heterocycles. The van der Waals surface area contributed by atoms with Crippen molar-refractivity contribution < 1.29 is 9.66 Å². The van der Waals surface area contributed by atoms with Gasteiger partial charge in [0, 0.05) is 24.9 Å². The Hall–Kier alpha value is -2.56. The highest BCUT2D eigenvalue weighted by Gasteiger charge is 2.06. The molecule has 0 bridgehead atoms. The summed E-state index contributed by atoms with van der Waals surface area (Å²) in [5.41, 5.74) is 1.79. The van der Waals surface area contributed by atoms with E-state index in [2.05, 4.69) is 0 Å². The van der Waals surface area contributed by atoms with Crippen LogP contribution in [0.1, 0.15) is 12.6 Å². The molecule has 2 aromatic rings. The summed E-state index contributed by atoms with van der Waals surface area (Å²) in [5.74, 6) is 0.773. The van der Waals surface area contributed by atoms with Gasteiger partial charge in [-0.3, -0.25) is 10.1 Å². The Labute approximate surface area is 110 Å². The van der Waals surface area contributed by atoms with Crippen LogP contribution in [0, 0.1) is 10.1 Å². The monoisotopic (exact) mass is 258 g/mol. The Morgan fingerprint density at radius 3 is 2.58 bits per heavy atom. The molecule has 0 saturated carbocycles. The minimum atomic E-state index is -0.397. The molecule has 0 radical (unpaired) electrons. The zero-order chi connectivity index (χ0) is 13.8. The number of nitro groups is 1. The molecule has 1 aromatic carbocycles. The fourth-order valence-electron chi connectivity index (χ4n) is 1.76. The van der Waals surface area contributed by atoms with Crippen molar-refractivity contribution in [1.29, 1.82) is 0 Å². The Bertz CT molecular complexity index is 612. The largest absolute Gasteiger partial charge is 0.497 e. The summed E-state index contributed by atoms with van der Waals surface area (Å²) >= 11 is 0. The van der Waals surface area contributed by atoms with Crippen molar-refractivity contribution in [2.24, 2.45) is 0 Å². The minimum Gasteiger partial charge on any atom is -0.497 e. The molecular formula is C14H14N2O3. The van der Waals surface area contributed by atoms with Crippen LogP contribution in [-0.2, 0) is 0 Å². The lowest BCUT2D eigenvalue weighted by molar-refractivity contribution is -0.422. The molecule has 0 fully saturated rings. The average molecular weight is 258 g/mol. The highest BCUT2D eigenvalue weighted by Crippen LogP contribution is 2.18. The first-order chi connectivity index (χ1) is 9.11. The van der Waals surface area contributed by atoms with Crippen molar-refractivity contribution in [3.8, 4) is 11.4 Å². The summed E-state index contributed by atoms with van der Waals surface area (Å²) in [7, 11) is 1.61. The summed E-state index contributed by atoms with van der Waals surface area (Å²) in [6, 6.07) is 11.2. The van der Waals surface area contributed by atoms with Crippen molar-refractivity contribution in [3.05, 3.63) is 64.1 Å². The molecular weight excluding hydrogens is 244 g/mol. The summed E-state index contributed by atoms with van der Waals surface area (Å²) in [6.45, 7) is 1.48. The van der Waals surface area contributed by atoms with Gasteiger partial charge in [0.15, 0.2) is 0 Å². The summed E-state index contributed by atoms with van der Waals surface area (Å²) in [4.78, 5) is 10.3. The molecule has 5 heteroatoms. The van der Waals surface area contributed by atoms with Gasteiger partial charge in [0.05, 0.1) is 17.7 Å². The zero-order valence-electron chi connectivity index (χ0n) is 10.7. The quantitative estimate of drug-likeness (QED) is 0.625.